The minimum absolute atomic E-state index is 0.314. The molecule has 1 amide bonds. The molecule has 4 aromatic rings. The zero-order valence-electron chi connectivity index (χ0n) is 20.4. The number of carbonyl (C=O) groups excluding carboxylic acids is 2. The summed E-state index contributed by atoms with van der Waals surface area (Å²) in [6.07, 6.45) is 0.642. The number of hydrogen-bond acceptors (Lipinski definition) is 5. The molecule has 0 aliphatic heterocycles. The lowest BCUT2D eigenvalue weighted by molar-refractivity contribution is -0.127. The van der Waals surface area contributed by atoms with Gasteiger partial charge in [0.05, 0.1) is 11.8 Å². The molecular formula is C30H25BrN2O4. The topological polar surface area (TPSA) is 77.0 Å². The van der Waals surface area contributed by atoms with Crippen molar-refractivity contribution in [2.24, 2.45) is 5.10 Å². The van der Waals surface area contributed by atoms with Crippen molar-refractivity contribution in [3.63, 3.8) is 0 Å². The number of hydrazone groups is 1. The Balaban J connectivity index is 1.36. The normalized spacial score (nSPS) is 11.6. The van der Waals surface area contributed by atoms with Crippen molar-refractivity contribution >= 4 is 34.0 Å². The lowest BCUT2D eigenvalue weighted by Crippen LogP contribution is -2.33. The third-order valence-corrected chi connectivity index (χ3v) is 5.98. The number of esters is 1. The van der Waals surface area contributed by atoms with Gasteiger partial charge in [-0.05, 0) is 67.4 Å². The fourth-order valence-electron chi connectivity index (χ4n) is 3.43. The van der Waals surface area contributed by atoms with Gasteiger partial charge in [-0.25, -0.2) is 10.2 Å². The summed E-state index contributed by atoms with van der Waals surface area (Å²) in [5.74, 6) is -0.0175. The highest BCUT2D eigenvalue weighted by molar-refractivity contribution is 9.10. The van der Waals surface area contributed by atoms with Gasteiger partial charge in [0, 0.05) is 10.0 Å². The van der Waals surface area contributed by atoms with Gasteiger partial charge in [0.15, 0.2) is 6.10 Å². The van der Waals surface area contributed by atoms with Gasteiger partial charge in [0.1, 0.15) is 11.5 Å². The van der Waals surface area contributed by atoms with Crippen LogP contribution in [0.4, 0.5) is 0 Å². The minimum atomic E-state index is -0.777. The van der Waals surface area contributed by atoms with Crippen LogP contribution >= 0.6 is 15.9 Å². The van der Waals surface area contributed by atoms with Gasteiger partial charge < -0.3 is 9.47 Å². The molecule has 0 aromatic heterocycles. The highest BCUT2D eigenvalue weighted by Crippen LogP contribution is 2.24. The molecule has 186 valence electrons. The maximum Gasteiger partial charge on any atom is 0.343 e. The first-order valence-corrected chi connectivity index (χ1v) is 12.4. The van der Waals surface area contributed by atoms with Gasteiger partial charge in [-0.1, -0.05) is 76.1 Å². The van der Waals surface area contributed by atoms with E-state index in [2.05, 4.69) is 26.5 Å². The molecule has 1 unspecified atom stereocenters. The Morgan fingerprint density at radius 1 is 0.892 bits per heavy atom. The third-order valence-electron chi connectivity index (χ3n) is 5.48. The number of aryl methyl sites for hydroxylation is 1. The molecule has 0 spiro atoms. The summed E-state index contributed by atoms with van der Waals surface area (Å²) in [4.78, 5) is 25.1. The van der Waals surface area contributed by atoms with Crippen molar-refractivity contribution in [2.75, 3.05) is 0 Å². The summed E-state index contributed by atoms with van der Waals surface area (Å²) in [5.41, 5.74) is 6.64. The second-order valence-electron chi connectivity index (χ2n) is 8.32. The molecule has 37 heavy (non-hydrogen) atoms. The second-order valence-corrected chi connectivity index (χ2v) is 9.24. The molecule has 0 heterocycles. The number of nitrogens with one attached hydrogen (secondary N) is 1. The summed E-state index contributed by atoms with van der Waals surface area (Å²) >= 11 is 3.41. The van der Waals surface area contributed by atoms with Gasteiger partial charge in [0.2, 0.25) is 0 Å². The Kier molecular flexibility index (Phi) is 8.48. The summed E-state index contributed by atoms with van der Waals surface area (Å²) in [6.45, 7) is 3.59. The van der Waals surface area contributed by atoms with E-state index in [1.807, 2.05) is 73.7 Å². The molecule has 4 rings (SSSR count). The first kappa shape index (κ1) is 25.9. The van der Waals surface area contributed by atoms with E-state index in [1.54, 1.807) is 37.3 Å². The number of hydrogen-bond donors (Lipinski definition) is 1. The van der Waals surface area contributed by atoms with E-state index >= 15 is 0 Å². The molecule has 0 saturated carbocycles. The van der Waals surface area contributed by atoms with Gasteiger partial charge in [-0.15, -0.1) is 0 Å². The molecule has 0 saturated heterocycles. The summed E-state index contributed by atoms with van der Waals surface area (Å²) in [6, 6.07) is 29.8. The van der Waals surface area contributed by atoms with Crippen LogP contribution in [0, 0.1) is 6.92 Å². The van der Waals surface area contributed by atoms with Crippen LogP contribution in [0.1, 0.15) is 28.4 Å². The second kappa shape index (κ2) is 12.1. The number of halogens is 1. The van der Waals surface area contributed by atoms with Crippen molar-refractivity contribution in [3.8, 4) is 22.6 Å². The maximum atomic E-state index is 12.5. The standard InChI is InChI=1S/C30H25BrN2O4/c1-20-8-10-24(11-9-20)30(35)37-28-17-14-26(31)18-25(28)19-32-33-29(34)21(2)36-27-15-12-23(13-16-27)22-6-4-3-5-7-22/h3-19,21H,1-2H3,(H,33,34). The van der Waals surface area contributed by atoms with E-state index in [1.165, 1.54) is 6.21 Å². The summed E-state index contributed by atoms with van der Waals surface area (Å²) in [7, 11) is 0. The lowest BCUT2D eigenvalue weighted by atomic mass is 10.1. The Hall–Kier alpha value is -4.23. The molecular weight excluding hydrogens is 532 g/mol. The predicted octanol–water partition coefficient (Wildman–Crippen LogP) is 6.56. The molecule has 4 aromatic carbocycles. The van der Waals surface area contributed by atoms with Gasteiger partial charge in [-0.2, -0.15) is 5.10 Å². The fourth-order valence-corrected chi connectivity index (χ4v) is 3.81. The zero-order chi connectivity index (χ0) is 26.2. The molecule has 1 atom stereocenters. The fraction of sp³-hybridized carbons (Fsp3) is 0.100. The number of nitrogens with zero attached hydrogens (tertiary/aromatic N) is 1. The lowest BCUT2D eigenvalue weighted by Gasteiger charge is -2.13. The molecule has 7 heteroatoms. The van der Waals surface area contributed by atoms with Gasteiger partial charge in [0.25, 0.3) is 5.91 Å². The van der Waals surface area contributed by atoms with Gasteiger partial charge >= 0.3 is 5.97 Å². The number of carbonyl (C=O) groups is 2. The molecule has 0 aliphatic carbocycles. The van der Waals surface area contributed by atoms with Crippen molar-refractivity contribution in [1.82, 2.24) is 5.43 Å². The summed E-state index contributed by atoms with van der Waals surface area (Å²) in [5, 5.41) is 4.03. The first-order chi connectivity index (χ1) is 17.9. The molecule has 0 radical (unpaired) electrons. The van der Waals surface area contributed by atoms with Crippen LogP contribution in [0.3, 0.4) is 0 Å². The molecule has 0 fully saturated rings. The van der Waals surface area contributed by atoms with E-state index in [-0.39, 0.29) is 0 Å². The van der Waals surface area contributed by atoms with Crippen molar-refractivity contribution in [1.29, 1.82) is 0 Å². The number of rotatable bonds is 8. The molecule has 0 aliphatic rings. The number of amides is 1. The zero-order valence-corrected chi connectivity index (χ0v) is 21.9. The van der Waals surface area contributed by atoms with Crippen LogP contribution < -0.4 is 14.9 Å². The Morgan fingerprint density at radius 2 is 1.57 bits per heavy atom. The molecule has 0 bridgehead atoms. The number of benzene rings is 4. The van der Waals surface area contributed by atoms with E-state index in [0.717, 1.165) is 21.2 Å². The maximum absolute atomic E-state index is 12.5. The smallest absolute Gasteiger partial charge is 0.343 e. The van der Waals surface area contributed by atoms with Gasteiger partial charge in [-0.3, -0.25) is 4.79 Å². The molecule has 6 nitrogen and oxygen atoms in total. The highest BCUT2D eigenvalue weighted by atomic mass is 79.9. The van der Waals surface area contributed by atoms with Crippen LogP contribution in [-0.2, 0) is 4.79 Å². The van der Waals surface area contributed by atoms with Crippen LogP contribution in [0.25, 0.3) is 11.1 Å². The Morgan fingerprint density at radius 3 is 2.27 bits per heavy atom. The van der Waals surface area contributed by atoms with Crippen LogP contribution in [-0.4, -0.2) is 24.2 Å². The van der Waals surface area contributed by atoms with E-state index in [4.69, 9.17) is 9.47 Å². The SMILES string of the molecule is Cc1ccc(C(=O)Oc2ccc(Br)cc2C=NNC(=O)C(C)Oc2ccc(-c3ccccc3)cc2)cc1. The summed E-state index contributed by atoms with van der Waals surface area (Å²) < 4.78 is 12.1. The highest BCUT2D eigenvalue weighted by Gasteiger charge is 2.15. The van der Waals surface area contributed by atoms with E-state index in [0.29, 0.717) is 22.6 Å². The van der Waals surface area contributed by atoms with Crippen molar-refractivity contribution < 1.29 is 19.1 Å². The largest absolute Gasteiger partial charge is 0.481 e. The van der Waals surface area contributed by atoms with Crippen molar-refractivity contribution in [3.05, 3.63) is 118 Å². The average molecular weight is 557 g/mol. The minimum Gasteiger partial charge on any atom is -0.481 e. The monoisotopic (exact) mass is 556 g/mol. The average Bonchev–Trinajstić information content (AvgIpc) is 2.91. The quantitative estimate of drug-likeness (QED) is 0.115. The first-order valence-electron chi connectivity index (χ1n) is 11.6. The van der Waals surface area contributed by atoms with Crippen LogP contribution in [0.2, 0.25) is 0 Å². The van der Waals surface area contributed by atoms with Crippen LogP contribution in [0.15, 0.2) is 107 Å². The van der Waals surface area contributed by atoms with Crippen LogP contribution in [0.5, 0.6) is 11.5 Å². The molecule has 1 N–H and O–H groups in total. The Labute approximate surface area is 224 Å². The third kappa shape index (κ3) is 7.15. The van der Waals surface area contributed by atoms with Crippen molar-refractivity contribution in [2.45, 2.75) is 20.0 Å². The van der Waals surface area contributed by atoms with E-state index < -0.39 is 18.0 Å². The Bertz CT molecular complexity index is 1400. The number of ether oxygens (including phenoxy) is 2. The van der Waals surface area contributed by atoms with E-state index in [9.17, 15) is 9.59 Å². The predicted molar refractivity (Wildman–Crippen MR) is 148 cm³/mol.